The lowest BCUT2D eigenvalue weighted by atomic mass is 9.99. The molecule has 2 aromatic heterocycles. The lowest BCUT2D eigenvalue weighted by molar-refractivity contribution is -0.138. The van der Waals surface area contributed by atoms with Crippen molar-refractivity contribution in [3.05, 3.63) is 61.9 Å². The van der Waals surface area contributed by atoms with Gasteiger partial charge in [0, 0.05) is 25.2 Å². The number of nitrogens with two attached hydrogens (primary N) is 1. The largest absolute Gasteiger partial charge is 0.416 e. The van der Waals surface area contributed by atoms with Crippen LogP contribution < -0.4 is 11.1 Å². The van der Waals surface area contributed by atoms with Crippen LogP contribution in [0.1, 0.15) is 20.8 Å². The number of nitrogens with zero attached hydrogens (tertiary/aromatic N) is 2. The number of carbonyl (C=O) groups is 1. The second-order valence-corrected chi connectivity index (χ2v) is 8.59. The molecule has 0 aliphatic rings. The molecule has 0 fully saturated rings. The van der Waals surface area contributed by atoms with Crippen molar-refractivity contribution in [2.75, 3.05) is 6.54 Å². The number of carbonyl (C=O) groups excluding carboxylic acids is 1. The first-order valence-electron chi connectivity index (χ1n) is 8.75. The van der Waals surface area contributed by atoms with Gasteiger partial charge >= 0.3 is 6.18 Å². The fourth-order valence-corrected chi connectivity index (χ4v) is 4.49. The summed E-state index contributed by atoms with van der Waals surface area (Å²) in [5, 5.41) is 7.12. The molecule has 0 spiro atoms. The Morgan fingerprint density at radius 3 is 2.63 bits per heavy atom. The van der Waals surface area contributed by atoms with Gasteiger partial charge in [-0.15, -0.1) is 11.3 Å². The monoisotopic (exact) mass is 476 g/mol. The predicted molar refractivity (Wildman–Crippen MR) is 112 cm³/mol. The number of rotatable bonds is 6. The van der Waals surface area contributed by atoms with Crippen molar-refractivity contribution in [1.29, 1.82) is 0 Å². The van der Waals surface area contributed by atoms with E-state index in [0.717, 1.165) is 17.4 Å². The third kappa shape index (κ3) is 4.80. The molecule has 11 heteroatoms. The number of halogens is 5. The summed E-state index contributed by atoms with van der Waals surface area (Å²) < 4.78 is 41.6. The number of aromatic nitrogens is 2. The molecular weight excluding hydrogens is 460 g/mol. The third-order valence-corrected chi connectivity index (χ3v) is 6.10. The highest BCUT2D eigenvalue weighted by molar-refractivity contribution is 7.18. The molecule has 3 aromatic rings. The van der Waals surface area contributed by atoms with Crippen LogP contribution in [0.4, 0.5) is 13.2 Å². The maximum absolute atomic E-state index is 13.2. The first kappa shape index (κ1) is 22.6. The van der Waals surface area contributed by atoms with Gasteiger partial charge in [-0.3, -0.25) is 9.48 Å². The molecule has 5 nitrogen and oxygen atoms in total. The van der Waals surface area contributed by atoms with Crippen LogP contribution in [0.25, 0.3) is 11.3 Å². The van der Waals surface area contributed by atoms with Crippen molar-refractivity contribution < 1.29 is 18.0 Å². The Balaban J connectivity index is 1.80. The molecule has 3 rings (SSSR count). The van der Waals surface area contributed by atoms with E-state index in [4.69, 9.17) is 28.9 Å². The first-order valence-corrected chi connectivity index (χ1v) is 10.3. The van der Waals surface area contributed by atoms with E-state index >= 15 is 0 Å². The lowest BCUT2D eigenvalue weighted by Gasteiger charge is -2.19. The molecule has 0 radical (unpaired) electrons. The molecule has 0 aliphatic heterocycles. The SMILES string of the molecule is Cn1ncc(Cl)c1-c1cc(C(=O)NC(CN)Cc2ccccc2C(F)(F)F)sc1Cl. The molecule has 1 unspecified atom stereocenters. The van der Waals surface area contributed by atoms with E-state index in [9.17, 15) is 18.0 Å². The Kier molecular flexibility index (Phi) is 6.76. The number of amides is 1. The molecular formula is C19H17Cl2F3N4OS. The van der Waals surface area contributed by atoms with E-state index in [0.29, 0.717) is 20.6 Å². The number of hydrogen-bond acceptors (Lipinski definition) is 4. The number of aryl methyl sites for hydroxylation is 1. The number of thiophene rings is 1. The van der Waals surface area contributed by atoms with Crippen LogP contribution in [-0.4, -0.2) is 28.3 Å². The molecule has 1 amide bonds. The van der Waals surface area contributed by atoms with Gasteiger partial charge in [0.2, 0.25) is 0 Å². The van der Waals surface area contributed by atoms with E-state index in [-0.39, 0.29) is 23.4 Å². The highest BCUT2D eigenvalue weighted by Crippen LogP contribution is 2.38. The minimum atomic E-state index is -4.49. The van der Waals surface area contributed by atoms with Crippen LogP contribution in [0.15, 0.2) is 36.5 Å². The van der Waals surface area contributed by atoms with Crippen LogP contribution in [-0.2, 0) is 19.6 Å². The van der Waals surface area contributed by atoms with Gasteiger partial charge in [0.15, 0.2) is 0 Å². The average Bonchev–Trinajstić information content (AvgIpc) is 3.22. The van der Waals surface area contributed by atoms with Gasteiger partial charge in [-0.25, -0.2) is 0 Å². The maximum atomic E-state index is 13.2. The number of hydrogen-bond donors (Lipinski definition) is 2. The number of benzene rings is 1. The van der Waals surface area contributed by atoms with E-state index in [1.54, 1.807) is 13.1 Å². The summed E-state index contributed by atoms with van der Waals surface area (Å²) in [6.07, 6.45) is -3.08. The Morgan fingerprint density at radius 1 is 1.33 bits per heavy atom. The van der Waals surface area contributed by atoms with E-state index in [1.165, 1.54) is 29.1 Å². The summed E-state index contributed by atoms with van der Waals surface area (Å²) in [4.78, 5) is 13.0. The zero-order valence-electron chi connectivity index (χ0n) is 15.6. The lowest BCUT2D eigenvalue weighted by Crippen LogP contribution is -2.41. The zero-order valence-corrected chi connectivity index (χ0v) is 18.0. The Bertz CT molecular complexity index is 1040. The Labute approximate surface area is 184 Å². The van der Waals surface area contributed by atoms with Gasteiger partial charge < -0.3 is 11.1 Å². The summed E-state index contributed by atoms with van der Waals surface area (Å²) in [7, 11) is 1.69. The van der Waals surface area contributed by atoms with Crippen molar-refractivity contribution in [3.8, 4) is 11.3 Å². The van der Waals surface area contributed by atoms with Gasteiger partial charge in [0.05, 0.1) is 27.4 Å². The van der Waals surface area contributed by atoms with Gasteiger partial charge in [0.25, 0.3) is 5.91 Å². The third-order valence-electron chi connectivity index (χ3n) is 4.47. The van der Waals surface area contributed by atoms with Crippen molar-refractivity contribution in [2.24, 2.45) is 12.8 Å². The Morgan fingerprint density at radius 2 is 2.03 bits per heavy atom. The molecule has 0 saturated carbocycles. The van der Waals surface area contributed by atoms with Gasteiger partial charge in [-0.1, -0.05) is 41.4 Å². The normalized spacial score (nSPS) is 12.8. The minimum absolute atomic E-state index is 0.0303. The summed E-state index contributed by atoms with van der Waals surface area (Å²) in [6, 6.07) is 6.10. The van der Waals surface area contributed by atoms with Gasteiger partial charge in [-0.2, -0.15) is 18.3 Å². The maximum Gasteiger partial charge on any atom is 0.416 e. The minimum Gasteiger partial charge on any atom is -0.347 e. The number of alkyl halides is 3. The van der Waals surface area contributed by atoms with Crippen molar-refractivity contribution in [1.82, 2.24) is 15.1 Å². The van der Waals surface area contributed by atoms with Crippen LogP contribution in [0.2, 0.25) is 9.36 Å². The second-order valence-electron chi connectivity index (χ2n) is 6.53. The smallest absolute Gasteiger partial charge is 0.347 e. The molecule has 0 aliphatic carbocycles. The summed E-state index contributed by atoms with van der Waals surface area (Å²) in [6.45, 7) is -0.0303. The van der Waals surface area contributed by atoms with Gasteiger partial charge in [0.1, 0.15) is 4.34 Å². The van der Waals surface area contributed by atoms with Crippen LogP contribution >= 0.6 is 34.5 Å². The summed E-state index contributed by atoms with van der Waals surface area (Å²) in [5.74, 6) is -0.480. The van der Waals surface area contributed by atoms with E-state index in [1.807, 2.05) is 0 Å². The van der Waals surface area contributed by atoms with Crippen LogP contribution in [0.5, 0.6) is 0 Å². The number of nitrogens with one attached hydrogen (secondary N) is 1. The second kappa shape index (κ2) is 8.97. The Hall–Kier alpha value is -2.07. The highest BCUT2D eigenvalue weighted by Gasteiger charge is 2.33. The quantitative estimate of drug-likeness (QED) is 0.537. The molecule has 1 aromatic carbocycles. The summed E-state index contributed by atoms with van der Waals surface area (Å²) >= 11 is 13.5. The molecule has 160 valence electrons. The molecule has 3 N–H and O–H groups in total. The fraction of sp³-hybridized carbons (Fsp3) is 0.263. The van der Waals surface area contributed by atoms with E-state index < -0.39 is 23.7 Å². The van der Waals surface area contributed by atoms with Crippen molar-refractivity contribution in [2.45, 2.75) is 18.6 Å². The summed E-state index contributed by atoms with van der Waals surface area (Å²) in [5.41, 5.74) is 6.13. The standard InChI is InChI=1S/C19H17Cl2F3N4OS/c1-28-16(14(20)9-26-28)12-7-15(30-17(12)21)18(29)27-11(8-25)6-10-4-2-3-5-13(10)19(22,23)24/h2-5,7,9,11H,6,8,25H2,1H3,(H,27,29). The van der Waals surface area contributed by atoms with E-state index in [2.05, 4.69) is 10.4 Å². The molecule has 0 saturated heterocycles. The zero-order chi connectivity index (χ0) is 22.1. The topological polar surface area (TPSA) is 72.9 Å². The first-order chi connectivity index (χ1) is 14.1. The highest BCUT2D eigenvalue weighted by atomic mass is 35.5. The fourth-order valence-electron chi connectivity index (χ4n) is 3.05. The molecule has 1 atom stereocenters. The van der Waals surface area contributed by atoms with Crippen molar-refractivity contribution >= 4 is 40.4 Å². The average molecular weight is 477 g/mol. The predicted octanol–water partition coefficient (Wildman–Crippen LogP) is 4.77. The molecule has 0 bridgehead atoms. The van der Waals surface area contributed by atoms with Crippen molar-refractivity contribution in [3.63, 3.8) is 0 Å². The van der Waals surface area contributed by atoms with Gasteiger partial charge in [-0.05, 0) is 24.1 Å². The van der Waals surface area contributed by atoms with Crippen LogP contribution in [0, 0.1) is 0 Å². The molecule has 30 heavy (non-hydrogen) atoms. The van der Waals surface area contributed by atoms with Crippen LogP contribution in [0.3, 0.4) is 0 Å². The molecule has 2 heterocycles.